The summed E-state index contributed by atoms with van der Waals surface area (Å²) >= 11 is 5.87. The average Bonchev–Trinajstić information content (AvgIpc) is 2.67. The van der Waals surface area contributed by atoms with Gasteiger partial charge < -0.3 is 19.5 Å². The molecule has 1 aliphatic heterocycles. The summed E-state index contributed by atoms with van der Waals surface area (Å²) in [5.41, 5.74) is 1.04. The SMILES string of the molecule is COc1ccccc1NC1=C(Cl)C(=O)O[C@@H]1OC. The summed E-state index contributed by atoms with van der Waals surface area (Å²) in [6, 6.07) is 7.25. The van der Waals surface area contributed by atoms with Crippen LogP contribution in [0.25, 0.3) is 0 Å². The van der Waals surface area contributed by atoms with Gasteiger partial charge >= 0.3 is 5.97 Å². The van der Waals surface area contributed by atoms with Crippen molar-refractivity contribution < 1.29 is 19.0 Å². The molecule has 0 amide bonds. The Balaban J connectivity index is 2.30. The normalized spacial score (nSPS) is 18.8. The molecule has 6 heteroatoms. The van der Waals surface area contributed by atoms with Gasteiger partial charge in [0.15, 0.2) is 5.03 Å². The fourth-order valence-electron chi connectivity index (χ4n) is 1.59. The Kier molecular flexibility index (Phi) is 3.74. The van der Waals surface area contributed by atoms with Gasteiger partial charge in [-0.15, -0.1) is 0 Å². The second-order valence-electron chi connectivity index (χ2n) is 3.53. The fraction of sp³-hybridized carbons (Fsp3) is 0.250. The van der Waals surface area contributed by atoms with E-state index >= 15 is 0 Å². The molecule has 1 N–H and O–H groups in total. The number of cyclic esters (lactones) is 1. The molecule has 0 unspecified atom stereocenters. The zero-order valence-electron chi connectivity index (χ0n) is 9.90. The third kappa shape index (κ3) is 2.27. The lowest BCUT2D eigenvalue weighted by Crippen LogP contribution is -2.18. The lowest BCUT2D eigenvalue weighted by Gasteiger charge is -2.15. The molecule has 0 fully saturated rings. The van der Waals surface area contributed by atoms with Crippen LogP contribution >= 0.6 is 11.6 Å². The molecule has 1 atom stereocenters. The number of hydrogen-bond acceptors (Lipinski definition) is 5. The number of ether oxygens (including phenoxy) is 3. The monoisotopic (exact) mass is 269 g/mol. The van der Waals surface area contributed by atoms with E-state index in [4.69, 9.17) is 25.8 Å². The molecule has 5 nitrogen and oxygen atoms in total. The van der Waals surface area contributed by atoms with Gasteiger partial charge in [0.2, 0.25) is 6.29 Å². The zero-order valence-corrected chi connectivity index (χ0v) is 10.7. The number of halogens is 1. The van der Waals surface area contributed by atoms with Gasteiger partial charge in [-0.3, -0.25) is 0 Å². The van der Waals surface area contributed by atoms with Gasteiger partial charge in [-0.25, -0.2) is 4.79 Å². The minimum absolute atomic E-state index is 0.0206. The number of para-hydroxylation sites is 2. The number of rotatable bonds is 4. The van der Waals surface area contributed by atoms with Crippen LogP contribution in [0.5, 0.6) is 5.75 Å². The molecule has 0 aliphatic carbocycles. The predicted molar refractivity (Wildman–Crippen MR) is 66.4 cm³/mol. The lowest BCUT2D eigenvalue weighted by atomic mass is 10.2. The molecule has 1 aromatic rings. The van der Waals surface area contributed by atoms with Crippen molar-refractivity contribution in [3.8, 4) is 5.75 Å². The van der Waals surface area contributed by atoms with Gasteiger partial charge in [0, 0.05) is 7.11 Å². The number of nitrogens with one attached hydrogen (secondary N) is 1. The van der Waals surface area contributed by atoms with Crippen LogP contribution < -0.4 is 10.1 Å². The third-order valence-electron chi connectivity index (χ3n) is 2.46. The molecule has 1 heterocycles. The number of carbonyl (C=O) groups is 1. The van der Waals surface area contributed by atoms with Crippen molar-refractivity contribution in [3.05, 3.63) is 35.0 Å². The highest BCUT2D eigenvalue weighted by molar-refractivity contribution is 6.42. The number of hydrogen-bond donors (Lipinski definition) is 1. The molecule has 0 spiro atoms. The quantitative estimate of drug-likeness (QED) is 0.848. The van der Waals surface area contributed by atoms with Crippen molar-refractivity contribution in [2.75, 3.05) is 19.5 Å². The first kappa shape index (κ1) is 12.7. The second-order valence-corrected chi connectivity index (χ2v) is 3.90. The van der Waals surface area contributed by atoms with Gasteiger partial charge in [-0.1, -0.05) is 23.7 Å². The highest BCUT2D eigenvalue weighted by Crippen LogP contribution is 2.31. The minimum atomic E-state index is -0.824. The lowest BCUT2D eigenvalue weighted by molar-refractivity contribution is -0.155. The van der Waals surface area contributed by atoms with Crippen molar-refractivity contribution in [2.45, 2.75) is 6.29 Å². The van der Waals surface area contributed by atoms with Crippen LogP contribution in [0.1, 0.15) is 0 Å². The van der Waals surface area contributed by atoms with Gasteiger partial charge in [-0.05, 0) is 12.1 Å². The minimum Gasteiger partial charge on any atom is -0.495 e. The topological polar surface area (TPSA) is 56.8 Å². The third-order valence-corrected chi connectivity index (χ3v) is 2.81. The number of anilines is 1. The molecular formula is C12H12ClNO4. The number of methoxy groups -OCH3 is 2. The maximum Gasteiger partial charge on any atom is 0.354 e. The molecule has 0 saturated heterocycles. The Morgan fingerprint density at radius 1 is 1.33 bits per heavy atom. The van der Waals surface area contributed by atoms with E-state index in [9.17, 15) is 4.79 Å². The molecule has 96 valence electrons. The van der Waals surface area contributed by atoms with Gasteiger partial charge in [0.25, 0.3) is 0 Å². The Labute approximate surface area is 109 Å². The number of carbonyl (C=O) groups excluding carboxylic acids is 1. The van der Waals surface area contributed by atoms with Crippen molar-refractivity contribution in [1.82, 2.24) is 0 Å². The predicted octanol–water partition coefficient (Wildman–Crippen LogP) is 2.09. The van der Waals surface area contributed by atoms with Crippen LogP contribution in [0.15, 0.2) is 35.0 Å². The van der Waals surface area contributed by atoms with Crippen molar-refractivity contribution >= 4 is 23.3 Å². The molecule has 18 heavy (non-hydrogen) atoms. The smallest absolute Gasteiger partial charge is 0.354 e. The summed E-state index contributed by atoms with van der Waals surface area (Å²) in [7, 11) is 2.98. The van der Waals surface area contributed by atoms with Crippen molar-refractivity contribution in [1.29, 1.82) is 0 Å². The van der Waals surface area contributed by atoms with E-state index < -0.39 is 12.3 Å². The van der Waals surface area contributed by atoms with E-state index in [1.165, 1.54) is 7.11 Å². The van der Waals surface area contributed by atoms with Gasteiger partial charge in [-0.2, -0.15) is 0 Å². The summed E-state index contributed by atoms with van der Waals surface area (Å²) in [5.74, 6) is 0.0181. The maximum atomic E-state index is 11.3. The van der Waals surface area contributed by atoms with Crippen molar-refractivity contribution in [3.63, 3.8) is 0 Å². The van der Waals surface area contributed by atoms with E-state index in [0.717, 1.165) is 0 Å². The zero-order chi connectivity index (χ0) is 13.1. The van der Waals surface area contributed by atoms with Crippen LogP contribution in [0.2, 0.25) is 0 Å². The van der Waals surface area contributed by atoms with Crippen LogP contribution in [0, 0.1) is 0 Å². The van der Waals surface area contributed by atoms with E-state index in [2.05, 4.69) is 5.32 Å². The Bertz CT molecular complexity index is 501. The first-order chi connectivity index (χ1) is 8.67. The molecule has 0 radical (unpaired) electrons. The van der Waals surface area contributed by atoms with Gasteiger partial charge in [0.05, 0.1) is 12.8 Å². The van der Waals surface area contributed by atoms with Crippen LogP contribution in [-0.2, 0) is 14.3 Å². The number of esters is 1. The van der Waals surface area contributed by atoms with Crippen LogP contribution in [0.3, 0.4) is 0 Å². The molecule has 1 aromatic carbocycles. The summed E-state index contributed by atoms with van der Waals surface area (Å²) in [6.07, 6.45) is -0.824. The summed E-state index contributed by atoms with van der Waals surface area (Å²) in [6.45, 7) is 0. The largest absolute Gasteiger partial charge is 0.495 e. The van der Waals surface area contributed by atoms with E-state index in [0.29, 0.717) is 17.1 Å². The highest BCUT2D eigenvalue weighted by Gasteiger charge is 2.33. The Morgan fingerprint density at radius 3 is 2.72 bits per heavy atom. The number of benzene rings is 1. The summed E-state index contributed by atoms with van der Waals surface area (Å²) in [5, 5.41) is 2.97. The van der Waals surface area contributed by atoms with E-state index in [1.807, 2.05) is 12.1 Å². The Morgan fingerprint density at radius 2 is 2.06 bits per heavy atom. The van der Waals surface area contributed by atoms with E-state index in [1.54, 1.807) is 19.2 Å². The molecule has 2 rings (SSSR count). The van der Waals surface area contributed by atoms with Gasteiger partial charge in [0.1, 0.15) is 11.4 Å². The van der Waals surface area contributed by atoms with E-state index in [-0.39, 0.29) is 5.03 Å². The summed E-state index contributed by atoms with van der Waals surface area (Å²) < 4.78 is 15.1. The maximum absolute atomic E-state index is 11.3. The summed E-state index contributed by atoms with van der Waals surface area (Å²) in [4.78, 5) is 11.3. The molecule has 0 aromatic heterocycles. The fourth-order valence-corrected chi connectivity index (χ4v) is 1.77. The first-order valence-electron chi connectivity index (χ1n) is 5.21. The standard InChI is InChI=1S/C12H12ClNO4/c1-16-8-6-4-3-5-7(8)14-10-9(13)11(15)18-12(10)17-2/h3-6,12,14H,1-2H3/t12-/m0/s1. The van der Waals surface area contributed by atoms with Crippen LogP contribution in [-0.4, -0.2) is 26.5 Å². The highest BCUT2D eigenvalue weighted by atomic mass is 35.5. The molecular weight excluding hydrogens is 258 g/mol. The average molecular weight is 270 g/mol. The Hall–Kier alpha value is -1.72. The second kappa shape index (κ2) is 5.29. The first-order valence-corrected chi connectivity index (χ1v) is 5.58. The molecule has 1 aliphatic rings. The molecule has 0 saturated carbocycles. The molecule has 0 bridgehead atoms. The van der Waals surface area contributed by atoms with Crippen LogP contribution in [0.4, 0.5) is 5.69 Å². The van der Waals surface area contributed by atoms with Crippen molar-refractivity contribution in [2.24, 2.45) is 0 Å².